The minimum absolute atomic E-state index is 0.00690. The molecule has 2 aromatic rings. The molecule has 6 rings (SSSR count). The third-order valence-electron chi connectivity index (χ3n) is 9.40. The lowest BCUT2D eigenvalue weighted by atomic mass is 9.82. The van der Waals surface area contributed by atoms with Crippen LogP contribution in [0.15, 0.2) is 34.5 Å². The maximum Gasteiger partial charge on any atom is 0.319 e. The number of fused-ring (bicyclic) bond motifs is 2. The second-order valence-electron chi connectivity index (χ2n) is 12.8. The Balaban J connectivity index is 1.39. The Morgan fingerprint density at radius 1 is 1.27 bits per heavy atom. The Bertz CT molecular complexity index is 1740. The van der Waals surface area contributed by atoms with Gasteiger partial charge in [-0.15, -0.1) is 12.3 Å². The number of thioether (sulfide) groups is 1. The Morgan fingerprint density at radius 2 is 2.08 bits per heavy atom. The van der Waals surface area contributed by atoms with E-state index in [0.29, 0.717) is 50.3 Å². The van der Waals surface area contributed by atoms with E-state index >= 15 is 4.39 Å². The molecule has 3 unspecified atom stereocenters. The number of pyridine rings is 1. The second kappa shape index (κ2) is 14.3. The minimum Gasteiger partial charge on any atom is -0.463 e. The van der Waals surface area contributed by atoms with E-state index in [1.54, 1.807) is 0 Å². The van der Waals surface area contributed by atoms with Crippen LogP contribution in [0.5, 0.6) is 6.01 Å². The zero-order valence-electron chi connectivity index (χ0n) is 26.9. The minimum atomic E-state index is -1.16. The molecule has 2 aliphatic heterocycles. The van der Waals surface area contributed by atoms with Gasteiger partial charge in [-0.1, -0.05) is 11.8 Å². The van der Waals surface area contributed by atoms with Crippen molar-refractivity contribution in [3.63, 3.8) is 0 Å². The topological polar surface area (TPSA) is 139 Å². The fraction of sp³-hybridized carbons (Fsp3) is 0.529. The quantitative estimate of drug-likeness (QED) is 0.305. The molecule has 1 saturated carbocycles. The van der Waals surface area contributed by atoms with Crippen molar-refractivity contribution in [3.05, 3.63) is 46.0 Å². The van der Waals surface area contributed by atoms with E-state index in [1.165, 1.54) is 6.20 Å². The van der Waals surface area contributed by atoms with Crippen LogP contribution in [-0.2, 0) is 4.74 Å². The van der Waals surface area contributed by atoms with Gasteiger partial charge in [0.25, 0.3) is 0 Å². The number of hydrogen-bond donors (Lipinski definition) is 2. The number of nitriles is 1. The van der Waals surface area contributed by atoms with Crippen molar-refractivity contribution in [2.45, 2.75) is 50.3 Å². The van der Waals surface area contributed by atoms with Gasteiger partial charge in [-0.3, -0.25) is 4.98 Å². The number of likely N-dealkylation sites (N-methyl/N-ethyl adjacent to an activating group) is 1. The standard InChI is InChI=1S/C34H39F3N8O2S/c1-3-5-7-20(39)17-45(4-2)32-23-16-41-28(21-14-24(35)26(36)30-25(21)22(15-38)31(40)48-30)27(37)29(23)42-33(43-32)47-19-34(8-9-34)18-44-10-6-12-46-13-11-44/h1,14,16,20,25,30H,4-13,17-19,39-40H2,2H3. The van der Waals surface area contributed by atoms with Crippen LogP contribution in [0.4, 0.5) is 19.0 Å². The molecule has 4 N–H and O–H groups in total. The molecule has 10 nitrogen and oxygen atoms in total. The summed E-state index contributed by atoms with van der Waals surface area (Å²) in [4.78, 5) is 18.0. The number of allylic oxidation sites excluding steroid dienone is 4. The summed E-state index contributed by atoms with van der Waals surface area (Å²) in [6.07, 6.45) is 11.8. The first-order chi connectivity index (χ1) is 23.2. The molecule has 0 spiro atoms. The molecule has 1 saturated heterocycles. The molecule has 254 valence electrons. The van der Waals surface area contributed by atoms with Crippen molar-refractivity contribution in [1.29, 1.82) is 5.26 Å². The maximum atomic E-state index is 16.8. The van der Waals surface area contributed by atoms with E-state index < -0.39 is 28.6 Å². The molecule has 3 atom stereocenters. The van der Waals surface area contributed by atoms with Crippen LogP contribution >= 0.6 is 11.8 Å². The van der Waals surface area contributed by atoms with Crippen LogP contribution < -0.4 is 21.1 Å². The monoisotopic (exact) mass is 680 g/mol. The SMILES string of the molecule is C#CCCC(N)CN(CC)c1nc(OCC2(CN3CCCOCC3)CC2)nc2c(F)c(C3=CC(F)=C(F)C4SC(N)=C(C#N)C34)ncc12. The number of aromatic nitrogens is 3. The lowest BCUT2D eigenvalue weighted by Crippen LogP contribution is -2.38. The van der Waals surface area contributed by atoms with Gasteiger partial charge in [0.15, 0.2) is 11.6 Å². The van der Waals surface area contributed by atoms with Gasteiger partial charge in [0.1, 0.15) is 22.9 Å². The van der Waals surface area contributed by atoms with Crippen LogP contribution in [0.1, 0.15) is 44.7 Å². The number of terminal acetylenes is 1. The van der Waals surface area contributed by atoms with Gasteiger partial charge in [-0.2, -0.15) is 15.2 Å². The average molecular weight is 681 g/mol. The van der Waals surface area contributed by atoms with Crippen molar-refractivity contribution in [2.75, 3.05) is 57.4 Å². The average Bonchev–Trinajstić information content (AvgIpc) is 3.83. The number of rotatable bonds is 12. The van der Waals surface area contributed by atoms with Gasteiger partial charge in [0, 0.05) is 69.3 Å². The van der Waals surface area contributed by atoms with Crippen LogP contribution in [-0.4, -0.2) is 83.7 Å². The predicted octanol–water partition coefficient (Wildman–Crippen LogP) is 4.59. The summed E-state index contributed by atoms with van der Waals surface area (Å²) in [5.41, 5.74) is 12.1. The lowest BCUT2D eigenvalue weighted by Gasteiger charge is -2.28. The molecule has 2 fully saturated rings. The highest BCUT2D eigenvalue weighted by molar-refractivity contribution is 8.04. The maximum absolute atomic E-state index is 16.8. The molecule has 4 heterocycles. The van der Waals surface area contributed by atoms with Gasteiger partial charge < -0.3 is 30.7 Å². The van der Waals surface area contributed by atoms with E-state index in [-0.39, 0.29) is 44.9 Å². The third-order valence-corrected chi connectivity index (χ3v) is 10.6. The number of hydrogen-bond acceptors (Lipinski definition) is 11. The second-order valence-corrected chi connectivity index (χ2v) is 14.0. The summed E-state index contributed by atoms with van der Waals surface area (Å²) >= 11 is 0.837. The van der Waals surface area contributed by atoms with Gasteiger partial charge in [0.05, 0.1) is 40.5 Å². The molecule has 48 heavy (non-hydrogen) atoms. The lowest BCUT2D eigenvalue weighted by molar-refractivity contribution is 0.127. The zero-order chi connectivity index (χ0) is 34.0. The van der Waals surface area contributed by atoms with Crippen molar-refractivity contribution < 1.29 is 22.6 Å². The van der Waals surface area contributed by atoms with E-state index in [2.05, 4.69) is 20.8 Å². The Hall–Kier alpha value is -3.82. The molecule has 0 radical (unpaired) electrons. The summed E-state index contributed by atoms with van der Waals surface area (Å²) in [7, 11) is 0. The number of nitrogens with zero attached hydrogens (tertiary/aromatic N) is 6. The Kier molecular flexibility index (Phi) is 10.2. The summed E-state index contributed by atoms with van der Waals surface area (Å²) in [5.74, 6) is -1.11. The first-order valence-electron chi connectivity index (χ1n) is 16.2. The zero-order valence-corrected chi connectivity index (χ0v) is 27.7. The molecule has 0 amide bonds. The van der Waals surface area contributed by atoms with Crippen molar-refractivity contribution in [3.8, 4) is 24.4 Å². The molecule has 2 aromatic heterocycles. The van der Waals surface area contributed by atoms with E-state index in [0.717, 1.165) is 63.3 Å². The highest BCUT2D eigenvalue weighted by Gasteiger charge is 2.46. The van der Waals surface area contributed by atoms with Crippen LogP contribution in [0.25, 0.3) is 16.5 Å². The Labute approximate surface area is 282 Å². The van der Waals surface area contributed by atoms with E-state index in [1.807, 2.05) is 17.9 Å². The van der Waals surface area contributed by atoms with Crippen molar-refractivity contribution in [1.82, 2.24) is 19.9 Å². The molecule has 0 bridgehead atoms. The highest BCUT2D eigenvalue weighted by atomic mass is 32.2. The summed E-state index contributed by atoms with van der Waals surface area (Å²) in [6.45, 7) is 7.26. The molecule has 4 aliphatic rings. The van der Waals surface area contributed by atoms with Crippen LogP contribution in [0, 0.1) is 40.8 Å². The molecule has 0 aromatic carbocycles. The molecule has 2 aliphatic carbocycles. The Morgan fingerprint density at radius 3 is 2.81 bits per heavy atom. The van der Waals surface area contributed by atoms with E-state index in [9.17, 15) is 14.0 Å². The van der Waals surface area contributed by atoms with Gasteiger partial charge in [-0.25, -0.2) is 13.2 Å². The highest BCUT2D eigenvalue weighted by Crippen LogP contribution is 2.53. The third kappa shape index (κ3) is 6.85. The predicted molar refractivity (Wildman–Crippen MR) is 179 cm³/mol. The van der Waals surface area contributed by atoms with Crippen molar-refractivity contribution in [2.24, 2.45) is 22.8 Å². The largest absolute Gasteiger partial charge is 0.463 e. The van der Waals surface area contributed by atoms with Gasteiger partial charge in [0.2, 0.25) is 0 Å². The number of halogens is 3. The van der Waals surface area contributed by atoms with Gasteiger partial charge in [-0.05, 0) is 44.3 Å². The van der Waals surface area contributed by atoms with E-state index in [4.69, 9.17) is 32.3 Å². The van der Waals surface area contributed by atoms with Gasteiger partial charge >= 0.3 is 6.01 Å². The molecular weight excluding hydrogens is 641 g/mol. The number of nitrogens with two attached hydrogens (primary N) is 2. The first-order valence-corrected chi connectivity index (χ1v) is 17.1. The molecular formula is C34H39F3N8O2S. The fourth-order valence-electron chi connectivity index (χ4n) is 6.57. The van der Waals surface area contributed by atoms with Crippen molar-refractivity contribution >= 4 is 34.1 Å². The summed E-state index contributed by atoms with van der Waals surface area (Å²) in [6, 6.07) is 1.70. The van der Waals surface area contributed by atoms with Crippen LogP contribution in [0.3, 0.4) is 0 Å². The first kappa shape index (κ1) is 34.1. The number of ether oxygens (including phenoxy) is 2. The fourth-order valence-corrected chi connectivity index (χ4v) is 7.78. The smallest absolute Gasteiger partial charge is 0.319 e. The summed E-state index contributed by atoms with van der Waals surface area (Å²) in [5, 5.41) is 9.04. The number of anilines is 1. The van der Waals surface area contributed by atoms with Crippen LogP contribution in [0.2, 0.25) is 0 Å². The molecule has 14 heteroatoms. The summed E-state index contributed by atoms with van der Waals surface area (Å²) < 4.78 is 58.4. The normalized spacial score (nSPS) is 22.9.